The van der Waals surface area contributed by atoms with Gasteiger partial charge in [-0.1, -0.05) is 6.07 Å². The third kappa shape index (κ3) is 1.87. The number of benzene rings is 1. The van der Waals surface area contributed by atoms with Crippen LogP contribution in [0.25, 0.3) is 0 Å². The highest BCUT2D eigenvalue weighted by Gasteiger charge is 2.12. The van der Waals surface area contributed by atoms with E-state index in [9.17, 15) is 14.9 Å². The molecule has 1 aromatic carbocycles. The first-order valence-electron chi connectivity index (χ1n) is 4.03. The lowest BCUT2D eigenvalue weighted by Crippen LogP contribution is -2.19. The van der Waals surface area contributed by atoms with E-state index < -0.39 is 4.92 Å². The molecule has 0 fully saturated rings. The van der Waals surface area contributed by atoms with E-state index in [0.717, 1.165) is 5.56 Å². The maximum atomic E-state index is 11.3. The number of amides is 1. The molecule has 0 unspecified atom stereocenters. The van der Waals surface area contributed by atoms with Crippen LogP contribution >= 0.6 is 0 Å². The van der Waals surface area contributed by atoms with Gasteiger partial charge < -0.3 is 5.32 Å². The Morgan fingerprint density at radius 2 is 2.14 bits per heavy atom. The van der Waals surface area contributed by atoms with Crippen molar-refractivity contribution in [1.29, 1.82) is 0 Å². The molecule has 74 valence electrons. The zero-order valence-corrected chi connectivity index (χ0v) is 7.90. The Balaban J connectivity index is 3.21. The number of non-ortho nitro benzene ring substituents is 1. The Morgan fingerprint density at radius 1 is 1.50 bits per heavy atom. The highest BCUT2D eigenvalue weighted by Crippen LogP contribution is 2.16. The van der Waals surface area contributed by atoms with Crippen LogP contribution in [-0.4, -0.2) is 17.9 Å². The summed E-state index contributed by atoms with van der Waals surface area (Å²) < 4.78 is 0. The first-order chi connectivity index (χ1) is 6.56. The van der Waals surface area contributed by atoms with Crippen molar-refractivity contribution in [3.05, 3.63) is 39.4 Å². The van der Waals surface area contributed by atoms with Gasteiger partial charge in [-0.2, -0.15) is 0 Å². The molecule has 1 aromatic rings. The summed E-state index contributed by atoms with van der Waals surface area (Å²) in [6, 6.07) is 4.21. The Bertz CT molecular complexity index is 388. The second-order valence-corrected chi connectivity index (χ2v) is 2.84. The summed E-state index contributed by atoms with van der Waals surface area (Å²) in [6.07, 6.45) is 0. The molecule has 1 amide bonds. The van der Waals surface area contributed by atoms with Gasteiger partial charge in [-0.25, -0.2) is 0 Å². The van der Waals surface area contributed by atoms with Gasteiger partial charge in [0, 0.05) is 24.7 Å². The number of aryl methyl sites for hydroxylation is 1. The molecular weight excluding hydrogens is 184 g/mol. The largest absolute Gasteiger partial charge is 0.355 e. The van der Waals surface area contributed by atoms with Gasteiger partial charge in [0.15, 0.2) is 0 Å². The van der Waals surface area contributed by atoms with Gasteiger partial charge in [0.05, 0.1) is 4.92 Å². The van der Waals surface area contributed by atoms with E-state index in [1.165, 1.54) is 19.2 Å². The predicted octanol–water partition coefficient (Wildman–Crippen LogP) is 1.26. The molecule has 0 radical (unpaired) electrons. The summed E-state index contributed by atoms with van der Waals surface area (Å²) in [7, 11) is 1.49. The molecule has 5 nitrogen and oxygen atoms in total. The van der Waals surface area contributed by atoms with Crippen molar-refractivity contribution in [2.45, 2.75) is 6.92 Å². The standard InChI is InChI=1S/C9H10N2O3/c1-6-3-4-7(11(13)14)5-8(6)9(12)10-2/h3-5H,1-2H3,(H,10,12). The van der Waals surface area contributed by atoms with E-state index in [-0.39, 0.29) is 11.6 Å². The molecule has 0 saturated carbocycles. The number of nitro groups is 1. The maximum Gasteiger partial charge on any atom is 0.270 e. The van der Waals surface area contributed by atoms with Crippen LogP contribution in [-0.2, 0) is 0 Å². The SMILES string of the molecule is CNC(=O)c1cc([N+](=O)[O-])ccc1C. The summed E-state index contributed by atoms with van der Waals surface area (Å²) in [5.74, 6) is -0.314. The van der Waals surface area contributed by atoms with E-state index in [1.807, 2.05) is 0 Å². The van der Waals surface area contributed by atoms with Crippen molar-refractivity contribution in [3.63, 3.8) is 0 Å². The summed E-state index contributed by atoms with van der Waals surface area (Å²) in [5.41, 5.74) is 0.978. The lowest BCUT2D eigenvalue weighted by Gasteiger charge is -2.03. The number of nitro benzene ring substituents is 1. The predicted molar refractivity (Wildman–Crippen MR) is 51.2 cm³/mol. The molecule has 0 aliphatic heterocycles. The average Bonchev–Trinajstić information content (AvgIpc) is 2.17. The summed E-state index contributed by atoms with van der Waals surface area (Å²) in [5, 5.41) is 12.9. The van der Waals surface area contributed by atoms with Gasteiger partial charge in [-0.15, -0.1) is 0 Å². The fourth-order valence-electron chi connectivity index (χ4n) is 1.10. The Labute approximate surface area is 80.9 Å². The minimum absolute atomic E-state index is 0.0748. The molecule has 14 heavy (non-hydrogen) atoms. The van der Waals surface area contributed by atoms with Gasteiger partial charge >= 0.3 is 0 Å². The van der Waals surface area contributed by atoms with Crippen LogP contribution < -0.4 is 5.32 Å². The molecule has 0 aliphatic carbocycles. The van der Waals surface area contributed by atoms with Crippen LogP contribution in [0.15, 0.2) is 18.2 Å². The van der Waals surface area contributed by atoms with Crippen molar-refractivity contribution >= 4 is 11.6 Å². The van der Waals surface area contributed by atoms with Crippen molar-refractivity contribution < 1.29 is 9.72 Å². The minimum Gasteiger partial charge on any atom is -0.355 e. The minimum atomic E-state index is -0.522. The van der Waals surface area contributed by atoms with Crippen molar-refractivity contribution in [2.24, 2.45) is 0 Å². The van der Waals surface area contributed by atoms with Crippen LogP contribution in [0, 0.1) is 17.0 Å². The van der Waals surface area contributed by atoms with Gasteiger partial charge in [0.2, 0.25) is 0 Å². The van der Waals surface area contributed by atoms with Gasteiger partial charge in [-0.05, 0) is 12.5 Å². The third-order valence-electron chi connectivity index (χ3n) is 1.90. The zero-order valence-electron chi connectivity index (χ0n) is 7.90. The van der Waals surface area contributed by atoms with E-state index >= 15 is 0 Å². The number of nitrogens with one attached hydrogen (secondary N) is 1. The Kier molecular flexibility index (Phi) is 2.81. The first-order valence-corrected chi connectivity index (χ1v) is 4.03. The van der Waals surface area contributed by atoms with Crippen LogP contribution in [0.1, 0.15) is 15.9 Å². The normalized spacial score (nSPS) is 9.57. The maximum absolute atomic E-state index is 11.3. The van der Waals surface area contributed by atoms with Crippen LogP contribution in [0.3, 0.4) is 0 Å². The number of carbonyl (C=O) groups is 1. The highest BCUT2D eigenvalue weighted by atomic mass is 16.6. The Morgan fingerprint density at radius 3 is 2.64 bits per heavy atom. The summed E-state index contributed by atoms with van der Waals surface area (Å²) >= 11 is 0. The summed E-state index contributed by atoms with van der Waals surface area (Å²) in [6.45, 7) is 1.73. The molecule has 0 spiro atoms. The first kappa shape index (κ1) is 10.2. The summed E-state index contributed by atoms with van der Waals surface area (Å²) in [4.78, 5) is 21.2. The lowest BCUT2D eigenvalue weighted by molar-refractivity contribution is -0.384. The van der Waals surface area contributed by atoms with Crippen LogP contribution in [0.4, 0.5) is 5.69 Å². The van der Waals surface area contributed by atoms with E-state index in [0.29, 0.717) is 5.56 Å². The third-order valence-corrected chi connectivity index (χ3v) is 1.90. The zero-order chi connectivity index (χ0) is 10.7. The molecule has 0 heterocycles. The van der Waals surface area contributed by atoms with E-state index in [4.69, 9.17) is 0 Å². The molecule has 0 aromatic heterocycles. The molecule has 1 N–H and O–H groups in total. The molecule has 0 bridgehead atoms. The van der Waals surface area contributed by atoms with Crippen LogP contribution in [0.2, 0.25) is 0 Å². The number of hydrogen-bond acceptors (Lipinski definition) is 3. The molecular formula is C9H10N2O3. The lowest BCUT2D eigenvalue weighted by atomic mass is 10.1. The smallest absolute Gasteiger partial charge is 0.270 e. The van der Waals surface area contributed by atoms with Crippen molar-refractivity contribution in [2.75, 3.05) is 7.05 Å². The molecule has 5 heteroatoms. The fraction of sp³-hybridized carbons (Fsp3) is 0.222. The van der Waals surface area contributed by atoms with Gasteiger partial charge in [0.1, 0.15) is 0 Å². The number of carbonyl (C=O) groups excluding carboxylic acids is 1. The average molecular weight is 194 g/mol. The number of hydrogen-bond donors (Lipinski definition) is 1. The van der Waals surface area contributed by atoms with Crippen molar-refractivity contribution in [3.8, 4) is 0 Å². The Hall–Kier alpha value is -1.91. The van der Waals surface area contributed by atoms with Gasteiger partial charge in [-0.3, -0.25) is 14.9 Å². The highest BCUT2D eigenvalue weighted by molar-refractivity contribution is 5.96. The number of rotatable bonds is 2. The van der Waals surface area contributed by atoms with E-state index in [2.05, 4.69) is 5.32 Å². The molecule has 0 saturated heterocycles. The van der Waals surface area contributed by atoms with Crippen LogP contribution in [0.5, 0.6) is 0 Å². The molecule has 0 aliphatic rings. The van der Waals surface area contributed by atoms with Crippen molar-refractivity contribution in [1.82, 2.24) is 5.32 Å². The topological polar surface area (TPSA) is 72.2 Å². The second-order valence-electron chi connectivity index (χ2n) is 2.84. The monoisotopic (exact) mass is 194 g/mol. The number of nitrogens with zero attached hydrogens (tertiary/aromatic N) is 1. The molecule has 1 rings (SSSR count). The fourth-order valence-corrected chi connectivity index (χ4v) is 1.10. The molecule has 0 atom stereocenters. The quantitative estimate of drug-likeness (QED) is 0.569. The van der Waals surface area contributed by atoms with Gasteiger partial charge in [0.25, 0.3) is 11.6 Å². The van der Waals surface area contributed by atoms with E-state index in [1.54, 1.807) is 13.0 Å². The second kappa shape index (κ2) is 3.87.